The third-order valence-corrected chi connectivity index (χ3v) is 9.07. The smallest absolute Gasteiger partial charge is 0.408 e. The molecule has 0 saturated carbocycles. The Bertz CT molecular complexity index is 1570. The van der Waals surface area contributed by atoms with Crippen LogP contribution in [0.3, 0.4) is 0 Å². The Balaban J connectivity index is 1.51. The Hall–Kier alpha value is -4.61. The summed E-state index contributed by atoms with van der Waals surface area (Å²) in [5, 5.41) is 5.38. The number of alkyl carbamates (subject to hydrolysis) is 1. The highest BCUT2D eigenvalue weighted by Crippen LogP contribution is 2.37. The number of amides is 2. The van der Waals surface area contributed by atoms with E-state index in [1.165, 1.54) is 11.8 Å². The summed E-state index contributed by atoms with van der Waals surface area (Å²) in [5.74, 6) is 1.94. The Morgan fingerprint density at radius 1 is 0.702 bits per heavy atom. The van der Waals surface area contributed by atoms with Crippen molar-refractivity contribution in [1.82, 2.24) is 10.6 Å². The zero-order valence-electron chi connectivity index (χ0n) is 26.5. The monoisotopic (exact) mass is 674 g/mol. The third kappa shape index (κ3) is 11.0. The van der Waals surface area contributed by atoms with E-state index >= 15 is 0 Å². The van der Waals surface area contributed by atoms with Crippen LogP contribution in [0.1, 0.15) is 16.7 Å². The van der Waals surface area contributed by atoms with Gasteiger partial charge >= 0.3 is 6.09 Å². The van der Waals surface area contributed by atoms with Crippen molar-refractivity contribution in [2.24, 2.45) is 0 Å². The van der Waals surface area contributed by atoms with Crippen molar-refractivity contribution in [3.8, 4) is 17.2 Å². The number of hydrogen-bond donors (Lipinski definition) is 2. The lowest BCUT2D eigenvalue weighted by atomic mass is 10.1. The van der Waals surface area contributed by atoms with E-state index < -0.39 is 24.1 Å². The van der Waals surface area contributed by atoms with Gasteiger partial charge in [-0.2, -0.15) is 11.8 Å². The molecule has 0 spiro atoms. The number of carbonyl (C=O) groups excluding carboxylic acids is 3. The van der Waals surface area contributed by atoms with Gasteiger partial charge in [0.2, 0.25) is 11.0 Å². The highest BCUT2D eigenvalue weighted by Gasteiger charge is 2.28. The lowest BCUT2D eigenvalue weighted by Crippen LogP contribution is -2.53. The van der Waals surface area contributed by atoms with Crippen molar-refractivity contribution in [2.75, 3.05) is 27.1 Å². The normalized spacial score (nSPS) is 11.9. The minimum absolute atomic E-state index is 0.0517. The number of methoxy groups -OCH3 is 3. The number of rotatable bonds is 16. The van der Waals surface area contributed by atoms with E-state index in [4.69, 9.17) is 18.9 Å². The standard InChI is InChI=1S/C36H38N2O7S2/c1-42-27-20-32(43-2)29(33(21-27)44-3)23-46-24-31(35(40)47-28-17-11-6-12-18-28)37-34(39)30(19-25-13-7-4-8-14-25)38-36(41)45-22-26-15-9-5-10-16-26/h4-18,20-21,30-31H,19,22-24H2,1-3H3,(H,37,39)(H,38,41)/t30-,31-/m0/s1. The summed E-state index contributed by atoms with van der Waals surface area (Å²) in [6.45, 7) is 0.0517. The van der Waals surface area contributed by atoms with E-state index in [-0.39, 0.29) is 23.9 Å². The maximum absolute atomic E-state index is 13.8. The second kappa shape index (κ2) is 18.5. The van der Waals surface area contributed by atoms with E-state index in [9.17, 15) is 14.4 Å². The Morgan fingerprint density at radius 3 is 1.85 bits per heavy atom. The van der Waals surface area contributed by atoms with Gasteiger partial charge < -0.3 is 29.6 Å². The molecule has 11 heteroatoms. The Morgan fingerprint density at radius 2 is 1.28 bits per heavy atom. The molecule has 0 unspecified atom stereocenters. The molecule has 2 atom stereocenters. The molecule has 4 aromatic rings. The zero-order chi connectivity index (χ0) is 33.4. The fourth-order valence-corrected chi connectivity index (χ4v) is 6.57. The fraction of sp³-hybridized carbons (Fsp3) is 0.250. The van der Waals surface area contributed by atoms with Crippen LogP contribution in [0.25, 0.3) is 0 Å². The lowest BCUT2D eigenvalue weighted by molar-refractivity contribution is -0.126. The first kappa shape index (κ1) is 35.2. The molecular formula is C36H38N2O7S2. The molecule has 0 bridgehead atoms. The van der Waals surface area contributed by atoms with Crippen molar-refractivity contribution in [3.63, 3.8) is 0 Å². The van der Waals surface area contributed by atoms with Crippen LogP contribution in [0.15, 0.2) is 108 Å². The second-order valence-electron chi connectivity index (χ2n) is 10.3. The van der Waals surface area contributed by atoms with Gasteiger partial charge in [-0.15, -0.1) is 0 Å². The quantitative estimate of drug-likeness (QED) is 0.133. The maximum Gasteiger partial charge on any atom is 0.408 e. The van der Waals surface area contributed by atoms with Crippen LogP contribution < -0.4 is 24.8 Å². The highest BCUT2D eigenvalue weighted by molar-refractivity contribution is 8.14. The second-order valence-corrected chi connectivity index (χ2v) is 12.4. The molecule has 0 aromatic heterocycles. The van der Waals surface area contributed by atoms with Crippen LogP contribution in [0.2, 0.25) is 0 Å². The average molecular weight is 675 g/mol. The summed E-state index contributed by atoms with van der Waals surface area (Å²) in [5.41, 5.74) is 2.45. The van der Waals surface area contributed by atoms with Gasteiger partial charge in [-0.1, -0.05) is 78.9 Å². The van der Waals surface area contributed by atoms with Crippen LogP contribution in [-0.2, 0) is 33.1 Å². The molecule has 0 heterocycles. The molecule has 0 aliphatic heterocycles. The molecule has 0 saturated heterocycles. The third-order valence-electron chi connectivity index (χ3n) is 7.01. The Kier molecular flexibility index (Phi) is 13.9. The van der Waals surface area contributed by atoms with E-state index in [1.807, 2.05) is 91.0 Å². The maximum atomic E-state index is 13.8. The molecule has 4 aromatic carbocycles. The van der Waals surface area contributed by atoms with E-state index in [0.29, 0.717) is 23.0 Å². The van der Waals surface area contributed by atoms with Crippen LogP contribution in [0, 0.1) is 0 Å². The van der Waals surface area contributed by atoms with Gasteiger partial charge in [0.1, 0.15) is 35.9 Å². The van der Waals surface area contributed by atoms with Crippen molar-refractivity contribution in [3.05, 3.63) is 120 Å². The number of thioether (sulfide) groups is 2. The lowest BCUT2D eigenvalue weighted by Gasteiger charge is -2.23. The summed E-state index contributed by atoms with van der Waals surface area (Å²) in [7, 11) is 4.70. The van der Waals surface area contributed by atoms with Crippen molar-refractivity contribution < 1.29 is 33.3 Å². The molecule has 0 aliphatic carbocycles. The molecule has 2 N–H and O–H groups in total. The van der Waals surface area contributed by atoms with Crippen molar-refractivity contribution >= 4 is 40.6 Å². The van der Waals surface area contributed by atoms with Gasteiger partial charge in [0.05, 0.1) is 21.3 Å². The van der Waals surface area contributed by atoms with E-state index in [0.717, 1.165) is 33.3 Å². The molecule has 0 fully saturated rings. The fourth-order valence-electron chi connectivity index (χ4n) is 4.58. The molecule has 4 rings (SSSR count). The number of nitrogens with one attached hydrogen (secondary N) is 2. The van der Waals surface area contributed by atoms with Crippen LogP contribution in [0.4, 0.5) is 4.79 Å². The summed E-state index contributed by atoms with van der Waals surface area (Å²) < 4.78 is 21.9. The van der Waals surface area contributed by atoms with Gasteiger partial charge in [0, 0.05) is 40.5 Å². The topological polar surface area (TPSA) is 112 Å². The largest absolute Gasteiger partial charge is 0.496 e. The first-order valence-corrected chi connectivity index (χ1v) is 16.8. The molecule has 246 valence electrons. The molecule has 0 radical (unpaired) electrons. The summed E-state index contributed by atoms with van der Waals surface area (Å²) >= 11 is 2.49. The van der Waals surface area contributed by atoms with Crippen LogP contribution >= 0.6 is 23.5 Å². The van der Waals surface area contributed by atoms with E-state index in [2.05, 4.69) is 10.6 Å². The van der Waals surface area contributed by atoms with Crippen LogP contribution in [-0.4, -0.2) is 56.3 Å². The predicted octanol–water partition coefficient (Wildman–Crippen LogP) is 6.29. The van der Waals surface area contributed by atoms with Gasteiger partial charge in [-0.3, -0.25) is 9.59 Å². The summed E-state index contributed by atoms with van der Waals surface area (Å²) in [6.07, 6.45) is -0.535. The Labute approximate surface area is 283 Å². The first-order chi connectivity index (χ1) is 22.9. The molecule has 0 aliphatic rings. The van der Waals surface area contributed by atoms with Gasteiger partial charge in [-0.25, -0.2) is 4.79 Å². The number of benzene rings is 4. The van der Waals surface area contributed by atoms with Gasteiger partial charge in [-0.05, 0) is 35.0 Å². The minimum atomic E-state index is -0.996. The predicted molar refractivity (Wildman–Crippen MR) is 185 cm³/mol. The van der Waals surface area contributed by atoms with E-state index in [1.54, 1.807) is 33.5 Å². The molecular weight excluding hydrogens is 637 g/mol. The van der Waals surface area contributed by atoms with Gasteiger partial charge in [0.25, 0.3) is 0 Å². The number of ether oxygens (including phenoxy) is 4. The first-order valence-electron chi connectivity index (χ1n) is 14.8. The number of carbonyl (C=O) groups is 3. The SMILES string of the molecule is COc1cc(OC)c(CSC[C@H](NC(=O)[C@H](Cc2ccccc2)NC(=O)OCc2ccccc2)C(=O)Sc2ccccc2)c(OC)c1. The number of hydrogen-bond acceptors (Lipinski definition) is 9. The minimum Gasteiger partial charge on any atom is -0.496 e. The highest BCUT2D eigenvalue weighted by atomic mass is 32.2. The molecule has 9 nitrogen and oxygen atoms in total. The zero-order valence-corrected chi connectivity index (χ0v) is 28.1. The summed E-state index contributed by atoms with van der Waals surface area (Å²) in [6, 6.07) is 29.5. The summed E-state index contributed by atoms with van der Waals surface area (Å²) in [4.78, 5) is 41.1. The average Bonchev–Trinajstić information content (AvgIpc) is 3.11. The van der Waals surface area contributed by atoms with Gasteiger partial charge in [0.15, 0.2) is 0 Å². The van der Waals surface area contributed by atoms with Crippen LogP contribution in [0.5, 0.6) is 17.2 Å². The van der Waals surface area contributed by atoms with Crippen molar-refractivity contribution in [2.45, 2.75) is 35.8 Å². The molecule has 47 heavy (non-hydrogen) atoms. The van der Waals surface area contributed by atoms with Crippen molar-refractivity contribution in [1.29, 1.82) is 0 Å². The molecule has 2 amide bonds.